The van der Waals surface area contributed by atoms with Crippen LogP contribution in [0.1, 0.15) is 16.7 Å². The molecule has 0 radical (unpaired) electrons. The highest BCUT2D eigenvalue weighted by molar-refractivity contribution is 6.31. The van der Waals surface area contributed by atoms with Crippen molar-refractivity contribution in [1.82, 2.24) is 0 Å². The number of anilines is 1. The molecule has 0 amide bonds. The number of alkyl halides is 3. The minimum atomic E-state index is -4.30. The molecule has 5 heteroatoms. The van der Waals surface area contributed by atoms with Crippen LogP contribution >= 0.6 is 11.6 Å². The van der Waals surface area contributed by atoms with Crippen molar-refractivity contribution in [1.29, 1.82) is 0 Å². The van der Waals surface area contributed by atoms with Gasteiger partial charge < -0.3 is 4.90 Å². The molecule has 1 heterocycles. The molecule has 0 saturated carbocycles. The summed E-state index contributed by atoms with van der Waals surface area (Å²) in [6, 6.07) is 11.8. The molecule has 2 aromatic rings. The lowest BCUT2D eigenvalue weighted by atomic mass is 10.0. The van der Waals surface area contributed by atoms with Crippen LogP contribution in [0, 0.1) is 0 Å². The van der Waals surface area contributed by atoms with Crippen molar-refractivity contribution < 1.29 is 13.2 Å². The Morgan fingerprint density at radius 3 is 2.52 bits per heavy atom. The van der Waals surface area contributed by atoms with Gasteiger partial charge in [0, 0.05) is 23.8 Å². The highest BCUT2D eigenvalue weighted by Crippen LogP contribution is 2.40. The second kappa shape index (κ2) is 5.26. The molecule has 0 aromatic heterocycles. The summed E-state index contributed by atoms with van der Waals surface area (Å²) < 4.78 is 39.1. The molecule has 3 rings (SSSR count). The van der Waals surface area contributed by atoms with Gasteiger partial charge in [0.25, 0.3) is 0 Å². The van der Waals surface area contributed by atoms with Gasteiger partial charge in [0.1, 0.15) is 0 Å². The molecule has 1 aliphatic rings. The van der Waals surface area contributed by atoms with Crippen molar-refractivity contribution in [3.63, 3.8) is 0 Å². The Morgan fingerprint density at radius 1 is 1.05 bits per heavy atom. The number of fused-ring (bicyclic) bond motifs is 1. The maximum absolute atomic E-state index is 13.0. The molecule has 2 aromatic carbocycles. The van der Waals surface area contributed by atoms with Crippen LogP contribution in [0.5, 0.6) is 0 Å². The largest absolute Gasteiger partial charge is 0.416 e. The zero-order valence-corrected chi connectivity index (χ0v) is 11.9. The van der Waals surface area contributed by atoms with Crippen LogP contribution in [0.3, 0.4) is 0 Å². The first kappa shape index (κ1) is 14.3. The maximum atomic E-state index is 13.0. The van der Waals surface area contributed by atoms with Crippen molar-refractivity contribution >= 4 is 17.3 Å². The van der Waals surface area contributed by atoms with E-state index >= 15 is 0 Å². The van der Waals surface area contributed by atoms with Crippen molar-refractivity contribution in [2.45, 2.75) is 19.1 Å². The first-order chi connectivity index (χ1) is 9.97. The van der Waals surface area contributed by atoms with Crippen LogP contribution in [0.2, 0.25) is 5.02 Å². The summed E-state index contributed by atoms with van der Waals surface area (Å²) in [5.74, 6) is 0. The third-order valence-electron chi connectivity index (χ3n) is 3.75. The second-order valence-electron chi connectivity index (χ2n) is 5.06. The molecule has 1 nitrogen and oxygen atoms in total. The van der Waals surface area contributed by atoms with Crippen LogP contribution in [0.4, 0.5) is 18.9 Å². The second-order valence-corrected chi connectivity index (χ2v) is 5.47. The highest BCUT2D eigenvalue weighted by Gasteiger charge is 2.36. The summed E-state index contributed by atoms with van der Waals surface area (Å²) >= 11 is 6.13. The summed E-state index contributed by atoms with van der Waals surface area (Å²) in [7, 11) is 0. The highest BCUT2D eigenvalue weighted by atomic mass is 35.5. The van der Waals surface area contributed by atoms with E-state index in [4.69, 9.17) is 11.6 Å². The first-order valence-corrected chi connectivity index (χ1v) is 7.02. The van der Waals surface area contributed by atoms with Crippen LogP contribution in [0.25, 0.3) is 0 Å². The quantitative estimate of drug-likeness (QED) is 0.761. The Labute approximate surface area is 126 Å². The molecule has 0 spiro atoms. The molecule has 21 heavy (non-hydrogen) atoms. The minimum absolute atomic E-state index is 0.386. The van der Waals surface area contributed by atoms with Gasteiger partial charge in [-0.25, -0.2) is 0 Å². The average molecular weight is 312 g/mol. The Bertz CT molecular complexity index is 667. The number of benzene rings is 2. The summed E-state index contributed by atoms with van der Waals surface area (Å²) in [6.07, 6.45) is -3.89. The van der Waals surface area contributed by atoms with Crippen LogP contribution < -0.4 is 4.90 Å². The lowest BCUT2D eigenvalue weighted by Crippen LogP contribution is -2.19. The van der Waals surface area contributed by atoms with E-state index in [2.05, 4.69) is 0 Å². The maximum Gasteiger partial charge on any atom is 0.416 e. The Kier molecular flexibility index (Phi) is 3.57. The molecular weight excluding hydrogens is 299 g/mol. The molecular formula is C16H13ClF3N. The molecule has 0 bridgehead atoms. The van der Waals surface area contributed by atoms with E-state index in [1.54, 1.807) is 12.1 Å². The fourth-order valence-corrected chi connectivity index (χ4v) is 2.96. The summed E-state index contributed by atoms with van der Waals surface area (Å²) in [5, 5.41) is 0.637. The topological polar surface area (TPSA) is 3.24 Å². The minimum Gasteiger partial charge on any atom is -0.367 e. The van der Waals surface area contributed by atoms with Gasteiger partial charge in [-0.2, -0.15) is 13.2 Å². The third-order valence-corrected chi connectivity index (χ3v) is 4.12. The van der Waals surface area contributed by atoms with E-state index < -0.39 is 11.7 Å². The predicted molar refractivity (Wildman–Crippen MR) is 77.7 cm³/mol. The van der Waals surface area contributed by atoms with Crippen LogP contribution in [-0.2, 0) is 19.1 Å². The molecule has 0 unspecified atom stereocenters. The number of hydrogen-bond donors (Lipinski definition) is 0. The van der Waals surface area contributed by atoms with Gasteiger partial charge in [-0.1, -0.05) is 35.9 Å². The molecule has 0 atom stereocenters. The fraction of sp³-hybridized carbons (Fsp3) is 0.250. The lowest BCUT2D eigenvalue weighted by Gasteiger charge is -2.21. The summed E-state index contributed by atoms with van der Waals surface area (Å²) in [6.45, 7) is 1.10. The predicted octanol–water partition coefficient (Wildman–Crippen LogP) is 4.92. The van der Waals surface area contributed by atoms with Crippen LogP contribution in [0.15, 0.2) is 42.5 Å². The van der Waals surface area contributed by atoms with Gasteiger partial charge in [0.05, 0.1) is 5.56 Å². The zero-order valence-electron chi connectivity index (χ0n) is 11.1. The van der Waals surface area contributed by atoms with Gasteiger partial charge >= 0.3 is 6.18 Å². The number of halogens is 4. The van der Waals surface area contributed by atoms with Crippen molar-refractivity contribution in [2.75, 3.05) is 11.4 Å². The fourth-order valence-electron chi connectivity index (χ4n) is 2.76. The van der Waals surface area contributed by atoms with Gasteiger partial charge in [-0.3, -0.25) is 0 Å². The van der Waals surface area contributed by atoms with Gasteiger partial charge in [-0.15, -0.1) is 0 Å². The molecule has 0 N–H and O–H groups in total. The zero-order chi connectivity index (χ0) is 15.0. The third kappa shape index (κ3) is 2.72. The van der Waals surface area contributed by atoms with E-state index in [1.807, 2.05) is 23.1 Å². The van der Waals surface area contributed by atoms with Crippen molar-refractivity contribution in [3.8, 4) is 0 Å². The molecule has 1 aliphatic heterocycles. The van der Waals surface area contributed by atoms with E-state index in [-0.39, 0.29) is 0 Å². The number of hydrogen-bond acceptors (Lipinski definition) is 1. The van der Waals surface area contributed by atoms with Crippen molar-refractivity contribution in [3.05, 3.63) is 64.2 Å². The van der Waals surface area contributed by atoms with Crippen LogP contribution in [-0.4, -0.2) is 6.54 Å². The monoisotopic (exact) mass is 311 g/mol. The Hall–Kier alpha value is -1.68. The smallest absolute Gasteiger partial charge is 0.367 e. The van der Waals surface area contributed by atoms with Gasteiger partial charge in [0.15, 0.2) is 0 Å². The number of nitrogens with zero attached hydrogens (tertiary/aromatic N) is 1. The number of rotatable bonds is 2. The normalized spacial score (nSPS) is 14.4. The summed E-state index contributed by atoms with van der Waals surface area (Å²) in [4.78, 5) is 1.95. The van der Waals surface area contributed by atoms with E-state index in [0.29, 0.717) is 35.8 Å². The standard InChI is InChI=1S/C16H13ClF3N/c17-14-6-2-1-4-11(14)10-21-9-8-12-13(16(18,19)20)5-3-7-15(12)21/h1-7H,8-10H2. The molecule has 110 valence electrons. The van der Waals surface area contributed by atoms with Crippen molar-refractivity contribution in [2.24, 2.45) is 0 Å². The molecule has 0 fully saturated rings. The van der Waals surface area contributed by atoms with E-state index in [9.17, 15) is 13.2 Å². The van der Waals surface area contributed by atoms with Gasteiger partial charge in [0.2, 0.25) is 0 Å². The van der Waals surface area contributed by atoms with E-state index in [1.165, 1.54) is 6.07 Å². The lowest BCUT2D eigenvalue weighted by molar-refractivity contribution is -0.138. The Balaban J connectivity index is 1.93. The summed E-state index contributed by atoms with van der Waals surface area (Å²) in [5.41, 5.74) is 1.44. The molecule has 0 aliphatic carbocycles. The van der Waals surface area contributed by atoms with E-state index in [0.717, 1.165) is 11.6 Å². The average Bonchev–Trinajstić information content (AvgIpc) is 2.83. The van der Waals surface area contributed by atoms with Gasteiger partial charge in [-0.05, 0) is 35.7 Å². The molecule has 0 saturated heterocycles. The first-order valence-electron chi connectivity index (χ1n) is 6.64. The SMILES string of the molecule is FC(F)(F)c1cccc2c1CCN2Cc1ccccc1Cl. The Morgan fingerprint density at radius 2 is 1.81 bits per heavy atom.